The SMILES string of the molecule is CC(=O)NCc1ccc([C@@H]2CCCN2C(=O)C2(Cc3ccccc3F)CCOCC2)nc1. The molecule has 2 aromatic rings. The number of benzene rings is 1. The van der Waals surface area contributed by atoms with Gasteiger partial charge in [0.25, 0.3) is 0 Å². The van der Waals surface area contributed by atoms with Crippen molar-refractivity contribution in [3.05, 3.63) is 65.2 Å². The van der Waals surface area contributed by atoms with Gasteiger partial charge >= 0.3 is 0 Å². The molecule has 0 unspecified atom stereocenters. The van der Waals surface area contributed by atoms with Gasteiger partial charge in [0, 0.05) is 39.4 Å². The van der Waals surface area contributed by atoms with Crippen LogP contribution in [0.25, 0.3) is 0 Å². The van der Waals surface area contributed by atoms with Crippen LogP contribution in [0, 0.1) is 11.2 Å². The van der Waals surface area contributed by atoms with Crippen molar-refractivity contribution in [3.63, 3.8) is 0 Å². The van der Waals surface area contributed by atoms with Crippen molar-refractivity contribution in [2.75, 3.05) is 19.8 Å². The lowest BCUT2D eigenvalue weighted by Crippen LogP contribution is -2.48. The van der Waals surface area contributed by atoms with Crippen LogP contribution < -0.4 is 5.32 Å². The molecule has 3 heterocycles. The fourth-order valence-electron chi connectivity index (χ4n) is 4.82. The number of rotatable bonds is 6. The number of carbonyl (C=O) groups is 2. The Hall–Kier alpha value is -2.80. The Morgan fingerprint density at radius 2 is 2.00 bits per heavy atom. The monoisotopic (exact) mass is 439 g/mol. The summed E-state index contributed by atoms with van der Waals surface area (Å²) in [6, 6.07) is 10.5. The molecule has 2 aliphatic rings. The fourth-order valence-corrected chi connectivity index (χ4v) is 4.82. The fraction of sp³-hybridized carbons (Fsp3) is 0.480. The second kappa shape index (κ2) is 9.77. The van der Waals surface area contributed by atoms with Crippen LogP contribution >= 0.6 is 0 Å². The molecule has 0 spiro atoms. The number of likely N-dealkylation sites (tertiary alicyclic amines) is 1. The Labute approximate surface area is 188 Å². The molecule has 0 bridgehead atoms. The Balaban J connectivity index is 1.55. The van der Waals surface area contributed by atoms with Crippen molar-refractivity contribution in [2.24, 2.45) is 5.41 Å². The topological polar surface area (TPSA) is 71.5 Å². The van der Waals surface area contributed by atoms with Gasteiger partial charge in [-0.2, -0.15) is 0 Å². The van der Waals surface area contributed by atoms with Crippen LogP contribution in [-0.4, -0.2) is 41.5 Å². The van der Waals surface area contributed by atoms with Gasteiger partial charge in [-0.3, -0.25) is 14.6 Å². The number of halogens is 1. The molecule has 0 saturated carbocycles. The smallest absolute Gasteiger partial charge is 0.229 e. The lowest BCUT2D eigenvalue weighted by Gasteiger charge is -2.40. The van der Waals surface area contributed by atoms with E-state index in [0.29, 0.717) is 51.1 Å². The minimum Gasteiger partial charge on any atom is -0.381 e. The molecule has 1 N–H and O–H groups in total. The van der Waals surface area contributed by atoms with Crippen molar-refractivity contribution in [1.82, 2.24) is 15.2 Å². The zero-order valence-electron chi connectivity index (χ0n) is 18.5. The van der Waals surface area contributed by atoms with Gasteiger partial charge < -0.3 is 15.0 Å². The molecule has 7 heteroatoms. The lowest BCUT2D eigenvalue weighted by atomic mass is 9.73. The summed E-state index contributed by atoms with van der Waals surface area (Å²) in [4.78, 5) is 31.6. The third-order valence-electron chi connectivity index (χ3n) is 6.63. The molecule has 1 aromatic heterocycles. The van der Waals surface area contributed by atoms with E-state index in [9.17, 15) is 14.0 Å². The van der Waals surface area contributed by atoms with Crippen LogP contribution in [0.5, 0.6) is 0 Å². The molecular weight excluding hydrogens is 409 g/mol. The quantitative estimate of drug-likeness (QED) is 0.747. The van der Waals surface area contributed by atoms with Crippen molar-refractivity contribution in [2.45, 2.75) is 51.6 Å². The number of nitrogens with zero attached hydrogens (tertiary/aromatic N) is 2. The van der Waals surface area contributed by atoms with Gasteiger partial charge in [0.1, 0.15) is 5.82 Å². The molecule has 32 heavy (non-hydrogen) atoms. The Morgan fingerprint density at radius 3 is 2.69 bits per heavy atom. The normalized spacial score (nSPS) is 20.2. The van der Waals surface area contributed by atoms with Gasteiger partial charge in [0.05, 0.1) is 17.2 Å². The molecule has 6 nitrogen and oxygen atoms in total. The standard InChI is InChI=1S/C25H30FN3O3/c1-18(30)27-16-19-8-9-22(28-17-19)23-7-4-12-29(23)24(31)25(10-13-32-14-11-25)15-20-5-2-3-6-21(20)26/h2-3,5-6,8-9,17,23H,4,7,10-16H2,1H3,(H,27,30)/t23-/m0/s1. The van der Waals surface area contributed by atoms with Crippen LogP contribution in [0.4, 0.5) is 4.39 Å². The molecule has 0 radical (unpaired) electrons. The Kier molecular flexibility index (Phi) is 6.84. The number of aromatic nitrogens is 1. The third kappa shape index (κ3) is 4.83. The highest BCUT2D eigenvalue weighted by molar-refractivity contribution is 5.84. The van der Waals surface area contributed by atoms with Crippen molar-refractivity contribution >= 4 is 11.8 Å². The summed E-state index contributed by atoms with van der Waals surface area (Å²) in [5.41, 5.74) is 1.70. The summed E-state index contributed by atoms with van der Waals surface area (Å²) in [5.74, 6) is -0.269. The van der Waals surface area contributed by atoms with E-state index >= 15 is 0 Å². The van der Waals surface area contributed by atoms with Gasteiger partial charge in [-0.25, -0.2) is 4.39 Å². The molecule has 170 valence electrons. The maximum atomic E-state index is 14.5. The molecule has 1 atom stereocenters. The van der Waals surface area contributed by atoms with E-state index < -0.39 is 5.41 Å². The molecule has 0 aliphatic carbocycles. The summed E-state index contributed by atoms with van der Waals surface area (Å²) in [7, 11) is 0. The van der Waals surface area contributed by atoms with E-state index in [1.165, 1.54) is 13.0 Å². The average Bonchev–Trinajstić information content (AvgIpc) is 3.29. The first kappa shape index (κ1) is 22.4. The summed E-state index contributed by atoms with van der Waals surface area (Å²) in [6.07, 6.45) is 5.09. The largest absolute Gasteiger partial charge is 0.381 e. The number of pyridine rings is 1. The summed E-state index contributed by atoms with van der Waals surface area (Å²) < 4.78 is 20.0. The minimum atomic E-state index is -0.658. The summed E-state index contributed by atoms with van der Waals surface area (Å²) >= 11 is 0. The van der Waals surface area contributed by atoms with Crippen LogP contribution in [0.1, 0.15) is 55.5 Å². The lowest BCUT2D eigenvalue weighted by molar-refractivity contribution is -0.149. The van der Waals surface area contributed by atoms with E-state index in [-0.39, 0.29) is 23.7 Å². The molecule has 2 amide bonds. The number of amides is 2. The van der Waals surface area contributed by atoms with Crippen molar-refractivity contribution in [1.29, 1.82) is 0 Å². The maximum Gasteiger partial charge on any atom is 0.229 e. The van der Waals surface area contributed by atoms with Crippen LogP contribution in [0.15, 0.2) is 42.6 Å². The second-order valence-corrected chi connectivity index (χ2v) is 8.82. The summed E-state index contributed by atoms with van der Waals surface area (Å²) in [5, 5.41) is 2.77. The highest BCUT2D eigenvalue weighted by Crippen LogP contribution is 2.41. The van der Waals surface area contributed by atoms with Crippen LogP contribution in [-0.2, 0) is 27.3 Å². The van der Waals surface area contributed by atoms with Gasteiger partial charge in [-0.05, 0) is 55.4 Å². The van der Waals surface area contributed by atoms with E-state index in [2.05, 4.69) is 10.3 Å². The highest BCUT2D eigenvalue weighted by Gasteiger charge is 2.46. The zero-order chi connectivity index (χ0) is 22.6. The average molecular weight is 440 g/mol. The predicted molar refractivity (Wildman–Crippen MR) is 118 cm³/mol. The molecule has 4 rings (SSSR count). The van der Waals surface area contributed by atoms with Crippen LogP contribution in [0.2, 0.25) is 0 Å². The molecular formula is C25H30FN3O3. The Bertz CT molecular complexity index is 957. The maximum absolute atomic E-state index is 14.5. The predicted octanol–water partition coefficient (Wildman–Crippen LogP) is 3.56. The Morgan fingerprint density at radius 1 is 1.22 bits per heavy atom. The van der Waals surface area contributed by atoms with Crippen molar-refractivity contribution in [3.8, 4) is 0 Å². The van der Waals surface area contributed by atoms with Gasteiger partial charge in [-0.1, -0.05) is 24.3 Å². The first-order valence-electron chi connectivity index (χ1n) is 11.3. The zero-order valence-corrected chi connectivity index (χ0v) is 18.5. The number of carbonyl (C=O) groups excluding carboxylic acids is 2. The third-order valence-corrected chi connectivity index (χ3v) is 6.63. The first-order valence-corrected chi connectivity index (χ1v) is 11.3. The van der Waals surface area contributed by atoms with E-state index in [1.54, 1.807) is 18.3 Å². The number of hydrogen-bond donors (Lipinski definition) is 1. The summed E-state index contributed by atoms with van der Waals surface area (Å²) in [6.45, 7) is 3.61. The van der Waals surface area contributed by atoms with E-state index in [1.807, 2.05) is 23.1 Å². The first-order chi connectivity index (χ1) is 15.5. The van der Waals surface area contributed by atoms with Gasteiger partial charge in [0.15, 0.2) is 0 Å². The van der Waals surface area contributed by atoms with Crippen LogP contribution in [0.3, 0.4) is 0 Å². The molecule has 2 aliphatic heterocycles. The molecule has 2 saturated heterocycles. The minimum absolute atomic E-state index is 0.0793. The second-order valence-electron chi connectivity index (χ2n) is 8.82. The number of hydrogen-bond acceptors (Lipinski definition) is 4. The van der Waals surface area contributed by atoms with E-state index in [4.69, 9.17) is 4.74 Å². The van der Waals surface area contributed by atoms with Gasteiger partial charge in [0.2, 0.25) is 11.8 Å². The number of nitrogens with one attached hydrogen (secondary N) is 1. The molecule has 1 aromatic carbocycles. The number of ether oxygens (including phenoxy) is 1. The van der Waals surface area contributed by atoms with E-state index in [0.717, 1.165) is 24.1 Å². The highest BCUT2D eigenvalue weighted by atomic mass is 19.1. The van der Waals surface area contributed by atoms with Crippen molar-refractivity contribution < 1.29 is 18.7 Å². The molecule has 2 fully saturated rings. The van der Waals surface area contributed by atoms with Gasteiger partial charge in [-0.15, -0.1) is 0 Å².